The molecule has 0 unspecified atom stereocenters. The monoisotopic (exact) mass is 256 g/mol. The third-order valence-corrected chi connectivity index (χ3v) is 6.46. The maximum absolute atomic E-state index is 13.5. The SMILES string of the molecule is CC=C(C)P(=O)(c1ccccc1)c1ccccc1. The lowest BCUT2D eigenvalue weighted by Gasteiger charge is -2.20. The zero-order valence-corrected chi connectivity index (χ0v) is 11.6. The highest BCUT2D eigenvalue weighted by Crippen LogP contribution is 2.51. The Kier molecular flexibility index (Phi) is 3.84. The standard InChI is InChI=1S/C16H17OP/c1-3-14(2)18(17,15-10-6-4-7-11-15)16-12-8-5-9-13-16/h3-13H,1-2H3. The number of hydrogen-bond donors (Lipinski definition) is 0. The molecular weight excluding hydrogens is 239 g/mol. The van der Waals surface area contributed by atoms with Crippen molar-refractivity contribution in [3.05, 3.63) is 72.1 Å². The van der Waals surface area contributed by atoms with E-state index in [4.69, 9.17) is 0 Å². The van der Waals surface area contributed by atoms with E-state index in [9.17, 15) is 4.57 Å². The van der Waals surface area contributed by atoms with Crippen molar-refractivity contribution in [1.29, 1.82) is 0 Å². The van der Waals surface area contributed by atoms with Gasteiger partial charge >= 0.3 is 0 Å². The third-order valence-electron chi connectivity index (χ3n) is 3.15. The minimum atomic E-state index is -2.65. The van der Waals surface area contributed by atoms with E-state index in [1.165, 1.54) is 0 Å². The van der Waals surface area contributed by atoms with E-state index in [-0.39, 0.29) is 0 Å². The van der Waals surface area contributed by atoms with Crippen molar-refractivity contribution < 1.29 is 4.57 Å². The van der Waals surface area contributed by atoms with E-state index < -0.39 is 7.14 Å². The zero-order chi connectivity index (χ0) is 13.0. The Bertz CT molecular complexity index is 542. The molecule has 0 spiro atoms. The zero-order valence-electron chi connectivity index (χ0n) is 10.7. The van der Waals surface area contributed by atoms with E-state index in [0.717, 1.165) is 15.9 Å². The fourth-order valence-electron chi connectivity index (χ4n) is 2.01. The first kappa shape index (κ1) is 12.9. The Labute approximate surface area is 109 Å². The van der Waals surface area contributed by atoms with Crippen LogP contribution in [0.4, 0.5) is 0 Å². The van der Waals surface area contributed by atoms with Crippen LogP contribution in [0, 0.1) is 0 Å². The van der Waals surface area contributed by atoms with Gasteiger partial charge in [0.1, 0.15) is 0 Å². The lowest BCUT2D eigenvalue weighted by molar-refractivity contribution is 0.590. The van der Waals surface area contributed by atoms with Crippen LogP contribution in [0.1, 0.15) is 13.8 Å². The molecule has 0 fully saturated rings. The highest BCUT2D eigenvalue weighted by molar-refractivity contribution is 7.82. The topological polar surface area (TPSA) is 17.1 Å². The second-order valence-corrected chi connectivity index (χ2v) is 7.17. The molecule has 2 aromatic carbocycles. The Morgan fingerprint density at radius 3 is 1.61 bits per heavy atom. The van der Waals surface area contributed by atoms with E-state index in [1.807, 2.05) is 80.6 Å². The highest BCUT2D eigenvalue weighted by atomic mass is 31.2. The first-order valence-electron chi connectivity index (χ1n) is 6.04. The summed E-state index contributed by atoms with van der Waals surface area (Å²) in [4.78, 5) is 0. The van der Waals surface area contributed by atoms with Crippen molar-refractivity contribution in [3.8, 4) is 0 Å². The van der Waals surface area contributed by atoms with Gasteiger partial charge in [0.05, 0.1) is 0 Å². The smallest absolute Gasteiger partial charge is 0.166 e. The van der Waals surface area contributed by atoms with Crippen molar-refractivity contribution in [2.75, 3.05) is 0 Å². The van der Waals surface area contributed by atoms with Crippen molar-refractivity contribution in [1.82, 2.24) is 0 Å². The molecule has 0 aromatic heterocycles. The van der Waals surface area contributed by atoms with Crippen LogP contribution >= 0.6 is 7.14 Å². The first-order valence-corrected chi connectivity index (χ1v) is 7.75. The molecule has 0 bridgehead atoms. The number of allylic oxidation sites excluding steroid dienone is 2. The average molecular weight is 256 g/mol. The highest BCUT2D eigenvalue weighted by Gasteiger charge is 2.28. The van der Waals surface area contributed by atoms with E-state index >= 15 is 0 Å². The summed E-state index contributed by atoms with van der Waals surface area (Å²) in [5.74, 6) is 0. The molecule has 0 aliphatic rings. The molecule has 0 N–H and O–H groups in total. The van der Waals surface area contributed by atoms with Crippen molar-refractivity contribution >= 4 is 17.8 Å². The molecule has 0 amide bonds. The van der Waals surface area contributed by atoms with Crippen LogP contribution in [0.15, 0.2) is 72.1 Å². The Morgan fingerprint density at radius 1 is 0.889 bits per heavy atom. The van der Waals surface area contributed by atoms with Gasteiger partial charge in [-0.05, 0) is 19.2 Å². The maximum atomic E-state index is 13.5. The summed E-state index contributed by atoms with van der Waals surface area (Å²) in [5, 5.41) is 2.72. The van der Waals surface area contributed by atoms with E-state index in [1.54, 1.807) is 0 Å². The van der Waals surface area contributed by atoms with Gasteiger partial charge in [-0.15, -0.1) is 0 Å². The van der Waals surface area contributed by atoms with Crippen molar-refractivity contribution in [2.45, 2.75) is 13.8 Å². The molecule has 0 aliphatic carbocycles. The average Bonchev–Trinajstić information content (AvgIpc) is 2.47. The van der Waals surface area contributed by atoms with Gasteiger partial charge < -0.3 is 4.57 Å². The molecule has 2 rings (SSSR count). The number of rotatable bonds is 3. The summed E-state index contributed by atoms with van der Waals surface area (Å²) in [6, 6.07) is 19.4. The molecule has 0 saturated heterocycles. The van der Waals surface area contributed by atoms with Crippen molar-refractivity contribution in [3.63, 3.8) is 0 Å². The fraction of sp³-hybridized carbons (Fsp3) is 0.125. The number of hydrogen-bond acceptors (Lipinski definition) is 1. The second-order valence-electron chi connectivity index (χ2n) is 4.21. The predicted octanol–water partition coefficient (Wildman–Crippen LogP) is 3.92. The Hall–Kier alpha value is -1.59. The largest absolute Gasteiger partial charge is 0.309 e. The summed E-state index contributed by atoms with van der Waals surface area (Å²) in [5.41, 5.74) is 0. The lowest BCUT2D eigenvalue weighted by atomic mass is 10.4. The van der Waals surface area contributed by atoms with Crippen LogP contribution in [0.5, 0.6) is 0 Å². The van der Waals surface area contributed by atoms with Crippen LogP contribution < -0.4 is 10.6 Å². The summed E-state index contributed by atoms with van der Waals surface area (Å²) in [6.45, 7) is 3.88. The molecule has 0 saturated carbocycles. The minimum Gasteiger partial charge on any atom is -0.309 e. The predicted molar refractivity (Wildman–Crippen MR) is 79.2 cm³/mol. The van der Waals surface area contributed by atoms with E-state index in [2.05, 4.69) is 0 Å². The fourth-order valence-corrected chi connectivity index (χ4v) is 4.67. The maximum Gasteiger partial charge on any atom is 0.166 e. The van der Waals surface area contributed by atoms with Gasteiger partial charge in [0.25, 0.3) is 0 Å². The molecule has 0 atom stereocenters. The third kappa shape index (κ3) is 2.19. The summed E-state index contributed by atoms with van der Waals surface area (Å²) < 4.78 is 13.5. The van der Waals surface area contributed by atoms with E-state index in [0.29, 0.717) is 0 Å². The molecular formula is C16H17OP. The van der Waals surface area contributed by atoms with Gasteiger partial charge in [-0.3, -0.25) is 0 Å². The van der Waals surface area contributed by atoms with Gasteiger partial charge in [-0.25, -0.2) is 0 Å². The summed E-state index contributed by atoms with van der Waals surface area (Å²) in [7, 11) is -2.65. The van der Waals surface area contributed by atoms with Crippen LogP contribution in [-0.4, -0.2) is 0 Å². The molecule has 0 radical (unpaired) electrons. The molecule has 0 aliphatic heterocycles. The molecule has 18 heavy (non-hydrogen) atoms. The molecule has 1 nitrogen and oxygen atoms in total. The lowest BCUT2D eigenvalue weighted by Crippen LogP contribution is -2.16. The van der Waals surface area contributed by atoms with Crippen LogP contribution in [0.3, 0.4) is 0 Å². The Morgan fingerprint density at radius 2 is 1.28 bits per heavy atom. The Balaban J connectivity index is 2.68. The first-order chi connectivity index (χ1) is 8.69. The normalized spacial score (nSPS) is 12.4. The molecule has 2 heteroatoms. The number of benzene rings is 2. The van der Waals surface area contributed by atoms with Crippen LogP contribution in [0.2, 0.25) is 0 Å². The van der Waals surface area contributed by atoms with Gasteiger partial charge in [-0.1, -0.05) is 66.7 Å². The van der Waals surface area contributed by atoms with Crippen molar-refractivity contribution in [2.24, 2.45) is 0 Å². The van der Waals surface area contributed by atoms with Crippen LogP contribution in [0.25, 0.3) is 0 Å². The second kappa shape index (κ2) is 5.37. The minimum absolute atomic E-state index is 0.895. The van der Waals surface area contributed by atoms with Gasteiger partial charge in [0, 0.05) is 10.6 Å². The quantitative estimate of drug-likeness (QED) is 0.760. The molecule has 2 aromatic rings. The summed E-state index contributed by atoms with van der Waals surface area (Å²) >= 11 is 0. The van der Waals surface area contributed by atoms with Gasteiger partial charge in [0.15, 0.2) is 7.14 Å². The summed E-state index contributed by atoms with van der Waals surface area (Å²) in [6.07, 6.45) is 1.95. The molecule has 0 heterocycles. The van der Waals surface area contributed by atoms with Gasteiger partial charge in [-0.2, -0.15) is 0 Å². The van der Waals surface area contributed by atoms with Gasteiger partial charge in [0.2, 0.25) is 0 Å². The van der Waals surface area contributed by atoms with Crippen LogP contribution in [-0.2, 0) is 4.57 Å². The molecule has 92 valence electrons.